The lowest BCUT2D eigenvalue weighted by Gasteiger charge is -2.08. The summed E-state index contributed by atoms with van der Waals surface area (Å²) in [5.41, 5.74) is 2.84. The van der Waals surface area contributed by atoms with Gasteiger partial charge in [-0.1, -0.05) is 29.8 Å². The SMILES string of the molecule is Cc1ccc(Cl)c(OCC(=O)NCc2nc3ccccc3[nH]2)c1. The van der Waals surface area contributed by atoms with E-state index in [2.05, 4.69) is 15.3 Å². The van der Waals surface area contributed by atoms with E-state index in [9.17, 15) is 4.79 Å². The molecule has 1 aromatic heterocycles. The molecular weight excluding hydrogens is 314 g/mol. The lowest BCUT2D eigenvalue weighted by atomic mass is 10.2. The average molecular weight is 330 g/mol. The minimum Gasteiger partial charge on any atom is -0.482 e. The molecule has 23 heavy (non-hydrogen) atoms. The second-order valence-electron chi connectivity index (χ2n) is 5.20. The predicted molar refractivity (Wildman–Crippen MR) is 89.6 cm³/mol. The van der Waals surface area contributed by atoms with Crippen molar-refractivity contribution in [3.63, 3.8) is 0 Å². The number of rotatable bonds is 5. The molecule has 3 rings (SSSR count). The minimum atomic E-state index is -0.233. The molecule has 1 amide bonds. The molecule has 6 heteroatoms. The van der Waals surface area contributed by atoms with Gasteiger partial charge in [0.1, 0.15) is 11.6 Å². The number of nitrogens with zero attached hydrogens (tertiary/aromatic N) is 1. The van der Waals surface area contributed by atoms with Crippen molar-refractivity contribution in [3.05, 3.63) is 58.9 Å². The standard InChI is InChI=1S/C17H16ClN3O2/c1-11-6-7-12(18)15(8-11)23-10-17(22)19-9-16-20-13-4-2-3-5-14(13)21-16/h2-8H,9-10H2,1H3,(H,19,22)(H,20,21). The monoisotopic (exact) mass is 329 g/mol. The molecule has 2 N–H and O–H groups in total. The molecule has 3 aromatic rings. The third kappa shape index (κ3) is 3.81. The van der Waals surface area contributed by atoms with Gasteiger partial charge in [0.15, 0.2) is 6.61 Å². The van der Waals surface area contributed by atoms with Gasteiger partial charge < -0.3 is 15.0 Å². The average Bonchev–Trinajstić information content (AvgIpc) is 2.96. The van der Waals surface area contributed by atoms with Gasteiger partial charge in [0, 0.05) is 0 Å². The highest BCUT2D eigenvalue weighted by Gasteiger charge is 2.08. The zero-order chi connectivity index (χ0) is 16.2. The summed E-state index contributed by atoms with van der Waals surface area (Å²) in [5, 5.41) is 3.25. The summed E-state index contributed by atoms with van der Waals surface area (Å²) < 4.78 is 5.45. The van der Waals surface area contributed by atoms with Crippen LogP contribution in [-0.2, 0) is 11.3 Å². The number of imidazole rings is 1. The molecule has 0 aliphatic carbocycles. The maximum atomic E-state index is 11.9. The van der Waals surface area contributed by atoms with Gasteiger partial charge in [0.2, 0.25) is 0 Å². The maximum Gasteiger partial charge on any atom is 0.258 e. The first kappa shape index (κ1) is 15.4. The Hall–Kier alpha value is -2.53. The number of aryl methyl sites for hydroxylation is 1. The fraction of sp³-hybridized carbons (Fsp3) is 0.176. The number of benzene rings is 2. The first-order valence-electron chi connectivity index (χ1n) is 7.21. The van der Waals surface area contributed by atoms with Crippen molar-refractivity contribution < 1.29 is 9.53 Å². The molecule has 0 aliphatic rings. The van der Waals surface area contributed by atoms with E-state index >= 15 is 0 Å². The van der Waals surface area contributed by atoms with E-state index in [1.165, 1.54) is 0 Å². The van der Waals surface area contributed by atoms with Crippen LogP contribution in [0.25, 0.3) is 11.0 Å². The molecule has 0 unspecified atom stereocenters. The number of carbonyl (C=O) groups is 1. The Morgan fingerprint density at radius 1 is 1.30 bits per heavy atom. The molecule has 0 saturated carbocycles. The number of carbonyl (C=O) groups excluding carboxylic acids is 1. The number of para-hydroxylation sites is 2. The molecule has 0 saturated heterocycles. The van der Waals surface area contributed by atoms with E-state index in [0.29, 0.717) is 23.1 Å². The van der Waals surface area contributed by atoms with Crippen LogP contribution in [0.3, 0.4) is 0 Å². The maximum absolute atomic E-state index is 11.9. The molecule has 0 bridgehead atoms. The summed E-state index contributed by atoms with van der Waals surface area (Å²) in [4.78, 5) is 19.4. The fourth-order valence-corrected chi connectivity index (χ4v) is 2.36. The number of nitrogens with one attached hydrogen (secondary N) is 2. The molecule has 0 fully saturated rings. The van der Waals surface area contributed by atoms with Crippen LogP contribution in [-0.4, -0.2) is 22.5 Å². The first-order valence-corrected chi connectivity index (χ1v) is 7.59. The zero-order valence-corrected chi connectivity index (χ0v) is 13.4. The number of ether oxygens (including phenoxy) is 1. The van der Waals surface area contributed by atoms with E-state index in [1.54, 1.807) is 12.1 Å². The Morgan fingerprint density at radius 3 is 2.96 bits per heavy atom. The lowest BCUT2D eigenvalue weighted by molar-refractivity contribution is -0.123. The smallest absolute Gasteiger partial charge is 0.258 e. The quantitative estimate of drug-likeness (QED) is 0.755. The molecule has 0 atom stereocenters. The summed E-state index contributed by atoms with van der Waals surface area (Å²) in [7, 11) is 0. The topological polar surface area (TPSA) is 67.0 Å². The first-order chi connectivity index (χ1) is 11.1. The number of H-pyrrole nitrogens is 1. The van der Waals surface area contributed by atoms with Gasteiger partial charge in [0.25, 0.3) is 5.91 Å². The highest BCUT2D eigenvalue weighted by Crippen LogP contribution is 2.25. The van der Waals surface area contributed by atoms with Crippen molar-refractivity contribution in [1.82, 2.24) is 15.3 Å². The number of hydrogen-bond acceptors (Lipinski definition) is 3. The third-order valence-corrected chi connectivity index (χ3v) is 3.65. The van der Waals surface area contributed by atoms with Crippen molar-refractivity contribution in [2.75, 3.05) is 6.61 Å². The van der Waals surface area contributed by atoms with Crippen LogP contribution >= 0.6 is 11.6 Å². The second-order valence-corrected chi connectivity index (χ2v) is 5.61. The largest absolute Gasteiger partial charge is 0.482 e. The summed E-state index contributed by atoms with van der Waals surface area (Å²) in [5.74, 6) is 0.974. The van der Waals surface area contributed by atoms with E-state index < -0.39 is 0 Å². The van der Waals surface area contributed by atoms with Crippen molar-refractivity contribution in [1.29, 1.82) is 0 Å². The van der Waals surface area contributed by atoms with Crippen molar-refractivity contribution in [3.8, 4) is 5.75 Å². The number of fused-ring (bicyclic) bond motifs is 1. The van der Waals surface area contributed by atoms with Gasteiger partial charge >= 0.3 is 0 Å². The number of aromatic nitrogens is 2. The molecule has 118 valence electrons. The van der Waals surface area contributed by atoms with Gasteiger partial charge in [-0.15, -0.1) is 0 Å². The van der Waals surface area contributed by atoms with E-state index in [0.717, 1.165) is 16.6 Å². The highest BCUT2D eigenvalue weighted by atomic mass is 35.5. The van der Waals surface area contributed by atoms with E-state index in [4.69, 9.17) is 16.3 Å². The minimum absolute atomic E-state index is 0.0938. The van der Waals surface area contributed by atoms with Crippen LogP contribution in [0, 0.1) is 6.92 Å². The van der Waals surface area contributed by atoms with Crippen LogP contribution in [0.1, 0.15) is 11.4 Å². The number of hydrogen-bond donors (Lipinski definition) is 2. The predicted octanol–water partition coefficient (Wildman–Crippen LogP) is 3.22. The third-order valence-electron chi connectivity index (χ3n) is 3.34. The molecule has 0 spiro atoms. The molecule has 5 nitrogen and oxygen atoms in total. The molecule has 2 aromatic carbocycles. The molecule has 0 aliphatic heterocycles. The van der Waals surface area contributed by atoms with Crippen LogP contribution in [0.5, 0.6) is 5.75 Å². The summed E-state index contributed by atoms with van der Waals surface area (Å²) in [6.45, 7) is 2.16. The summed E-state index contributed by atoms with van der Waals surface area (Å²) in [6.07, 6.45) is 0. The zero-order valence-electron chi connectivity index (χ0n) is 12.6. The molecule has 0 radical (unpaired) electrons. The fourth-order valence-electron chi connectivity index (χ4n) is 2.19. The van der Waals surface area contributed by atoms with E-state index in [1.807, 2.05) is 37.3 Å². The Bertz CT molecular complexity index is 812. The Balaban J connectivity index is 1.54. The van der Waals surface area contributed by atoms with Crippen molar-refractivity contribution in [2.45, 2.75) is 13.5 Å². The van der Waals surface area contributed by atoms with Crippen LogP contribution in [0.4, 0.5) is 0 Å². The van der Waals surface area contributed by atoms with Gasteiger partial charge in [-0.2, -0.15) is 0 Å². The van der Waals surface area contributed by atoms with Crippen LogP contribution < -0.4 is 10.1 Å². The Labute approximate surface area is 138 Å². The normalized spacial score (nSPS) is 10.7. The summed E-state index contributed by atoms with van der Waals surface area (Å²) >= 11 is 6.03. The van der Waals surface area contributed by atoms with Crippen LogP contribution in [0.2, 0.25) is 5.02 Å². The van der Waals surface area contributed by atoms with Gasteiger partial charge in [0.05, 0.1) is 22.6 Å². The lowest BCUT2D eigenvalue weighted by Crippen LogP contribution is -2.28. The van der Waals surface area contributed by atoms with Gasteiger partial charge in [-0.3, -0.25) is 4.79 Å². The molecular formula is C17H16ClN3O2. The summed E-state index contributed by atoms with van der Waals surface area (Å²) in [6, 6.07) is 13.1. The second kappa shape index (κ2) is 6.71. The van der Waals surface area contributed by atoms with E-state index in [-0.39, 0.29) is 12.5 Å². The molecule has 1 heterocycles. The van der Waals surface area contributed by atoms with Crippen molar-refractivity contribution in [2.24, 2.45) is 0 Å². The Morgan fingerprint density at radius 2 is 2.13 bits per heavy atom. The van der Waals surface area contributed by atoms with Gasteiger partial charge in [-0.05, 0) is 36.8 Å². The van der Waals surface area contributed by atoms with Crippen LogP contribution in [0.15, 0.2) is 42.5 Å². The van der Waals surface area contributed by atoms with Crippen molar-refractivity contribution >= 4 is 28.5 Å². The Kier molecular flexibility index (Phi) is 4.48. The highest BCUT2D eigenvalue weighted by molar-refractivity contribution is 6.32. The van der Waals surface area contributed by atoms with Gasteiger partial charge in [-0.25, -0.2) is 4.98 Å². The number of aromatic amines is 1. The number of amides is 1. The number of halogens is 1.